The summed E-state index contributed by atoms with van der Waals surface area (Å²) in [5.74, 6) is 0.281. The SMILES string of the molecule is CS(=O)(=O)CCCC1(c2cccc(Br)c2)CNC1. The number of hydrogen-bond donors (Lipinski definition) is 1. The summed E-state index contributed by atoms with van der Waals surface area (Å²) in [5, 5.41) is 3.30. The van der Waals surface area contributed by atoms with E-state index in [0.29, 0.717) is 0 Å². The number of benzene rings is 1. The molecule has 0 spiro atoms. The molecule has 1 aromatic rings. The van der Waals surface area contributed by atoms with Crippen molar-refractivity contribution in [1.29, 1.82) is 0 Å². The van der Waals surface area contributed by atoms with Crippen LogP contribution < -0.4 is 5.32 Å². The Labute approximate surface area is 117 Å². The van der Waals surface area contributed by atoms with Crippen LogP contribution in [-0.4, -0.2) is 33.5 Å². The van der Waals surface area contributed by atoms with Crippen LogP contribution in [-0.2, 0) is 15.3 Å². The lowest BCUT2D eigenvalue weighted by Crippen LogP contribution is -2.56. The summed E-state index contributed by atoms with van der Waals surface area (Å²) in [6.07, 6.45) is 2.95. The third-order valence-corrected chi connectivity index (χ3v) is 5.06. The van der Waals surface area contributed by atoms with Crippen LogP contribution in [0.25, 0.3) is 0 Å². The first-order valence-corrected chi connectivity index (χ1v) is 8.91. The lowest BCUT2D eigenvalue weighted by atomic mass is 9.72. The third kappa shape index (κ3) is 3.33. The van der Waals surface area contributed by atoms with Gasteiger partial charge in [0.15, 0.2) is 0 Å². The summed E-state index contributed by atoms with van der Waals surface area (Å²) in [6.45, 7) is 1.88. The van der Waals surface area contributed by atoms with Crippen LogP contribution in [0.15, 0.2) is 28.7 Å². The number of hydrogen-bond acceptors (Lipinski definition) is 3. The Hall–Kier alpha value is -0.390. The van der Waals surface area contributed by atoms with E-state index in [1.807, 2.05) is 12.1 Å². The highest BCUT2D eigenvalue weighted by atomic mass is 79.9. The van der Waals surface area contributed by atoms with Gasteiger partial charge in [0.1, 0.15) is 9.84 Å². The van der Waals surface area contributed by atoms with Crippen molar-refractivity contribution in [1.82, 2.24) is 5.32 Å². The van der Waals surface area contributed by atoms with Crippen molar-refractivity contribution in [3.8, 4) is 0 Å². The molecule has 3 nitrogen and oxygen atoms in total. The van der Waals surface area contributed by atoms with Gasteiger partial charge >= 0.3 is 0 Å². The summed E-state index contributed by atoms with van der Waals surface area (Å²) < 4.78 is 23.5. The topological polar surface area (TPSA) is 46.2 Å². The van der Waals surface area contributed by atoms with Crippen molar-refractivity contribution < 1.29 is 8.42 Å². The summed E-state index contributed by atoms with van der Waals surface area (Å²) >= 11 is 3.49. The van der Waals surface area contributed by atoms with Crippen LogP contribution in [0.2, 0.25) is 0 Å². The third-order valence-electron chi connectivity index (χ3n) is 3.53. The molecule has 1 aliphatic heterocycles. The summed E-state index contributed by atoms with van der Waals surface area (Å²) in [4.78, 5) is 0. The number of halogens is 1. The first kappa shape index (κ1) is 14.0. The lowest BCUT2D eigenvalue weighted by Gasteiger charge is -2.43. The van der Waals surface area contributed by atoms with Crippen LogP contribution in [0.4, 0.5) is 0 Å². The molecule has 0 amide bonds. The molecule has 0 unspecified atom stereocenters. The molecule has 1 saturated heterocycles. The van der Waals surface area contributed by atoms with Gasteiger partial charge in [-0.2, -0.15) is 0 Å². The molecular formula is C13H18BrNO2S. The van der Waals surface area contributed by atoms with Gasteiger partial charge in [-0.25, -0.2) is 8.42 Å². The quantitative estimate of drug-likeness (QED) is 0.898. The fraction of sp³-hybridized carbons (Fsp3) is 0.538. The highest BCUT2D eigenvalue weighted by molar-refractivity contribution is 9.10. The van der Waals surface area contributed by atoms with E-state index in [-0.39, 0.29) is 11.2 Å². The van der Waals surface area contributed by atoms with Gasteiger partial charge < -0.3 is 5.32 Å². The molecule has 0 aliphatic carbocycles. The molecule has 1 heterocycles. The molecule has 0 bridgehead atoms. The molecule has 1 fully saturated rings. The second-order valence-corrected chi connectivity index (χ2v) is 8.30. The first-order valence-electron chi connectivity index (χ1n) is 6.06. The van der Waals surface area contributed by atoms with E-state index >= 15 is 0 Å². The average molecular weight is 332 g/mol. The Morgan fingerprint density at radius 3 is 2.61 bits per heavy atom. The lowest BCUT2D eigenvalue weighted by molar-refractivity contribution is 0.256. The number of rotatable bonds is 5. The van der Waals surface area contributed by atoms with Gasteiger partial charge in [0.05, 0.1) is 0 Å². The largest absolute Gasteiger partial charge is 0.315 e. The molecule has 0 saturated carbocycles. The van der Waals surface area contributed by atoms with E-state index in [2.05, 4.69) is 33.4 Å². The molecule has 100 valence electrons. The van der Waals surface area contributed by atoms with E-state index in [9.17, 15) is 8.42 Å². The Kier molecular flexibility index (Phi) is 4.14. The molecule has 18 heavy (non-hydrogen) atoms. The number of nitrogens with one attached hydrogen (secondary N) is 1. The summed E-state index contributed by atoms with van der Waals surface area (Å²) in [7, 11) is -2.85. The van der Waals surface area contributed by atoms with Gasteiger partial charge in [-0.05, 0) is 30.5 Å². The molecule has 0 atom stereocenters. The second kappa shape index (κ2) is 5.31. The highest BCUT2D eigenvalue weighted by Crippen LogP contribution is 2.34. The van der Waals surface area contributed by atoms with Gasteiger partial charge in [0.25, 0.3) is 0 Å². The maximum Gasteiger partial charge on any atom is 0.147 e. The minimum absolute atomic E-state index is 0.120. The standard InChI is InChI=1S/C13H18BrNO2S/c1-18(16,17)7-3-6-13(9-15-10-13)11-4-2-5-12(14)8-11/h2,4-5,8,15H,3,6-7,9-10H2,1H3. The van der Waals surface area contributed by atoms with Crippen molar-refractivity contribution in [2.45, 2.75) is 18.3 Å². The van der Waals surface area contributed by atoms with E-state index < -0.39 is 9.84 Å². The first-order chi connectivity index (χ1) is 8.41. The van der Waals surface area contributed by atoms with Crippen molar-refractivity contribution in [3.63, 3.8) is 0 Å². The van der Waals surface area contributed by atoms with Crippen molar-refractivity contribution in [3.05, 3.63) is 34.3 Å². The van der Waals surface area contributed by atoms with Crippen LogP contribution in [0, 0.1) is 0 Å². The Bertz CT molecular complexity index is 524. The normalized spacial score (nSPS) is 18.3. The van der Waals surface area contributed by atoms with Gasteiger partial charge in [0.2, 0.25) is 0 Å². The second-order valence-electron chi connectivity index (χ2n) is 5.13. The maximum atomic E-state index is 11.2. The Morgan fingerprint density at radius 2 is 2.11 bits per heavy atom. The fourth-order valence-corrected chi connectivity index (χ4v) is 3.51. The zero-order valence-corrected chi connectivity index (χ0v) is 12.9. The zero-order valence-electron chi connectivity index (χ0n) is 10.4. The summed E-state index contributed by atoms with van der Waals surface area (Å²) in [5.41, 5.74) is 1.42. The van der Waals surface area contributed by atoms with Gasteiger partial charge in [-0.15, -0.1) is 0 Å². The smallest absolute Gasteiger partial charge is 0.147 e. The van der Waals surface area contributed by atoms with E-state index in [4.69, 9.17) is 0 Å². The predicted octanol–water partition coefficient (Wildman–Crippen LogP) is 2.11. The van der Waals surface area contributed by atoms with Crippen molar-refractivity contribution >= 4 is 25.8 Å². The average Bonchev–Trinajstić information content (AvgIpc) is 2.20. The summed E-state index contributed by atoms with van der Waals surface area (Å²) in [6, 6.07) is 8.32. The molecular weight excluding hydrogens is 314 g/mol. The molecule has 1 aromatic carbocycles. The zero-order chi connectivity index (χ0) is 13.2. The Balaban J connectivity index is 2.07. The van der Waals surface area contributed by atoms with E-state index in [1.54, 1.807) is 0 Å². The monoisotopic (exact) mass is 331 g/mol. The van der Waals surface area contributed by atoms with Crippen LogP contribution in [0.1, 0.15) is 18.4 Å². The van der Waals surface area contributed by atoms with Crippen LogP contribution in [0.3, 0.4) is 0 Å². The predicted molar refractivity (Wildman–Crippen MR) is 77.6 cm³/mol. The maximum absolute atomic E-state index is 11.2. The van der Waals surface area contributed by atoms with Crippen LogP contribution in [0.5, 0.6) is 0 Å². The number of sulfone groups is 1. The molecule has 0 radical (unpaired) electrons. The van der Waals surface area contributed by atoms with Gasteiger partial charge in [0, 0.05) is 35.0 Å². The van der Waals surface area contributed by atoms with E-state index in [0.717, 1.165) is 30.4 Å². The van der Waals surface area contributed by atoms with Gasteiger partial charge in [-0.3, -0.25) is 0 Å². The molecule has 1 aliphatic rings. The Morgan fingerprint density at radius 1 is 1.39 bits per heavy atom. The van der Waals surface area contributed by atoms with E-state index in [1.165, 1.54) is 11.8 Å². The molecule has 5 heteroatoms. The molecule has 2 rings (SSSR count). The van der Waals surface area contributed by atoms with Crippen LogP contribution >= 0.6 is 15.9 Å². The highest BCUT2D eigenvalue weighted by Gasteiger charge is 2.38. The minimum Gasteiger partial charge on any atom is -0.315 e. The molecule has 1 N–H and O–H groups in total. The van der Waals surface area contributed by atoms with Gasteiger partial charge in [-0.1, -0.05) is 28.1 Å². The minimum atomic E-state index is -2.85. The molecule has 0 aromatic heterocycles. The van der Waals surface area contributed by atoms with Crippen molar-refractivity contribution in [2.75, 3.05) is 25.1 Å². The fourth-order valence-electron chi connectivity index (χ4n) is 2.44. The van der Waals surface area contributed by atoms with Crippen molar-refractivity contribution in [2.24, 2.45) is 0 Å².